The summed E-state index contributed by atoms with van der Waals surface area (Å²) in [6, 6.07) is 0. The van der Waals surface area contributed by atoms with Crippen molar-refractivity contribution < 1.29 is 0 Å². The van der Waals surface area contributed by atoms with E-state index in [1.54, 1.807) is 6.33 Å². The predicted molar refractivity (Wildman–Crippen MR) is 79.7 cm³/mol. The van der Waals surface area contributed by atoms with Gasteiger partial charge in [0.2, 0.25) is 0 Å². The van der Waals surface area contributed by atoms with Crippen LogP contribution in [0.15, 0.2) is 6.33 Å². The van der Waals surface area contributed by atoms with E-state index in [9.17, 15) is 0 Å². The molecule has 0 amide bonds. The van der Waals surface area contributed by atoms with E-state index in [1.165, 1.54) is 36.3 Å². The highest BCUT2D eigenvalue weighted by Gasteiger charge is 2.18. The van der Waals surface area contributed by atoms with Crippen molar-refractivity contribution >= 4 is 5.82 Å². The maximum atomic E-state index is 4.59. The van der Waals surface area contributed by atoms with Crippen LogP contribution in [0.5, 0.6) is 0 Å². The molecule has 0 saturated carbocycles. The van der Waals surface area contributed by atoms with E-state index in [-0.39, 0.29) is 0 Å². The van der Waals surface area contributed by atoms with Crippen LogP contribution in [0, 0.1) is 0 Å². The predicted octanol–water partition coefficient (Wildman–Crippen LogP) is 2.18. The highest BCUT2D eigenvalue weighted by molar-refractivity contribution is 5.49. The molecule has 0 radical (unpaired) electrons. The minimum absolute atomic E-state index is 0.999. The standard InChI is InChI=1S/C15H26N4/c1-3-10-19(11-9-16-2)15-13-7-5-4-6-8-14(13)17-12-18-15/h12,16H,3-11H2,1-2H3. The summed E-state index contributed by atoms with van der Waals surface area (Å²) >= 11 is 0. The minimum atomic E-state index is 0.999. The molecule has 19 heavy (non-hydrogen) atoms. The Labute approximate surface area is 116 Å². The molecular formula is C15H26N4. The second-order valence-corrected chi connectivity index (χ2v) is 5.27. The number of nitrogens with zero attached hydrogens (tertiary/aromatic N) is 3. The van der Waals surface area contributed by atoms with Gasteiger partial charge in [0.05, 0.1) is 0 Å². The summed E-state index contributed by atoms with van der Waals surface area (Å²) in [5.41, 5.74) is 2.69. The van der Waals surface area contributed by atoms with Crippen LogP contribution in [0.4, 0.5) is 5.82 Å². The van der Waals surface area contributed by atoms with Gasteiger partial charge in [0, 0.05) is 30.9 Å². The van der Waals surface area contributed by atoms with Crippen molar-refractivity contribution in [1.29, 1.82) is 0 Å². The van der Waals surface area contributed by atoms with Gasteiger partial charge in [-0.1, -0.05) is 13.3 Å². The summed E-state index contributed by atoms with van der Waals surface area (Å²) in [5.74, 6) is 1.18. The zero-order valence-electron chi connectivity index (χ0n) is 12.3. The highest BCUT2D eigenvalue weighted by atomic mass is 15.2. The number of aryl methyl sites for hydroxylation is 1. The van der Waals surface area contributed by atoms with Crippen LogP contribution in [-0.2, 0) is 12.8 Å². The number of anilines is 1. The van der Waals surface area contributed by atoms with Crippen LogP contribution in [0.1, 0.15) is 43.9 Å². The molecule has 2 rings (SSSR count). The van der Waals surface area contributed by atoms with Crippen molar-refractivity contribution in [1.82, 2.24) is 15.3 Å². The Morgan fingerprint density at radius 2 is 2.00 bits per heavy atom. The SMILES string of the molecule is CCCN(CCNC)c1ncnc2c1CCCCC2. The molecule has 0 fully saturated rings. The Morgan fingerprint density at radius 3 is 2.79 bits per heavy atom. The second kappa shape index (κ2) is 7.43. The molecule has 1 aliphatic rings. The largest absolute Gasteiger partial charge is 0.355 e. The van der Waals surface area contributed by atoms with E-state index < -0.39 is 0 Å². The molecule has 0 aromatic carbocycles. The topological polar surface area (TPSA) is 41.0 Å². The summed E-state index contributed by atoms with van der Waals surface area (Å²) in [6.07, 6.45) is 9.04. The van der Waals surface area contributed by atoms with Crippen molar-refractivity contribution in [3.63, 3.8) is 0 Å². The fraction of sp³-hybridized carbons (Fsp3) is 0.733. The third-order valence-corrected chi connectivity index (χ3v) is 3.78. The van der Waals surface area contributed by atoms with Crippen LogP contribution in [-0.4, -0.2) is 36.6 Å². The van der Waals surface area contributed by atoms with Crippen LogP contribution in [0.2, 0.25) is 0 Å². The number of aromatic nitrogens is 2. The Kier molecular flexibility index (Phi) is 5.58. The van der Waals surface area contributed by atoms with Gasteiger partial charge < -0.3 is 10.2 Å². The van der Waals surface area contributed by atoms with Gasteiger partial charge >= 0.3 is 0 Å². The number of fused-ring (bicyclic) bond motifs is 1. The smallest absolute Gasteiger partial charge is 0.135 e. The number of likely N-dealkylation sites (N-methyl/N-ethyl adjacent to an activating group) is 1. The first-order chi connectivity index (χ1) is 9.36. The van der Waals surface area contributed by atoms with Gasteiger partial charge in [-0.25, -0.2) is 9.97 Å². The van der Waals surface area contributed by atoms with Gasteiger partial charge in [0.25, 0.3) is 0 Å². The maximum Gasteiger partial charge on any atom is 0.135 e. The lowest BCUT2D eigenvalue weighted by Gasteiger charge is -2.26. The Bertz CT molecular complexity index is 392. The third-order valence-electron chi connectivity index (χ3n) is 3.78. The van der Waals surface area contributed by atoms with Gasteiger partial charge in [0.1, 0.15) is 12.1 Å². The monoisotopic (exact) mass is 262 g/mol. The molecule has 1 aromatic rings. The van der Waals surface area contributed by atoms with E-state index in [4.69, 9.17) is 0 Å². The first-order valence-electron chi connectivity index (χ1n) is 7.59. The first kappa shape index (κ1) is 14.3. The first-order valence-corrected chi connectivity index (χ1v) is 7.59. The molecule has 106 valence electrons. The normalized spacial score (nSPS) is 14.8. The fourth-order valence-corrected chi connectivity index (χ4v) is 2.79. The van der Waals surface area contributed by atoms with E-state index in [2.05, 4.69) is 27.1 Å². The molecule has 0 unspecified atom stereocenters. The van der Waals surface area contributed by atoms with Crippen LogP contribution < -0.4 is 10.2 Å². The molecule has 0 saturated heterocycles. The van der Waals surface area contributed by atoms with Crippen LogP contribution >= 0.6 is 0 Å². The third kappa shape index (κ3) is 3.66. The fourth-order valence-electron chi connectivity index (χ4n) is 2.79. The van der Waals surface area contributed by atoms with E-state index in [0.29, 0.717) is 0 Å². The molecule has 1 heterocycles. The Balaban J connectivity index is 2.25. The van der Waals surface area contributed by atoms with Crippen molar-refractivity contribution in [3.05, 3.63) is 17.6 Å². The molecule has 1 aliphatic carbocycles. The van der Waals surface area contributed by atoms with Crippen LogP contribution in [0.25, 0.3) is 0 Å². The summed E-state index contributed by atoms with van der Waals surface area (Å²) in [6.45, 7) is 5.32. The molecule has 4 heteroatoms. The molecule has 0 spiro atoms. The molecule has 1 N–H and O–H groups in total. The van der Waals surface area contributed by atoms with Gasteiger partial charge in [-0.2, -0.15) is 0 Å². The minimum Gasteiger partial charge on any atom is -0.355 e. The average Bonchev–Trinajstić information content (AvgIpc) is 2.68. The summed E-state index contributed by atoms with van der Waals surface area (Å²) < 4.78 is 0. The van der Waals surface area contributed by atoms with Crippen molar-refractivity contribution in [2.45, 2.75) is 45.4 Å². The van der Waals surface area contributed by atoms with Gasteiger partial charge in [-0.3, -0.25) is 0 Å². The molecule has 0 aliphatic heterocycles. The van der Waals surface area contributed by atoms with E-state index in [1.807, 2.05) is 7.05 Å². The quantitative estimate of drug-likeness (QED) is 0.798. The molecule has 1 aromatic heterocycles. The molecule has 0 bridgehead atoms. The lowest BCUT2D eigenvalue weighted by molar-refractivity contribution is 0.691. The van der Waals surface area contributed by atoms with Crippen molar-refractivity contribution in [2.24, 2.45) is 0 Å². The Hall–Kier alpha value is -1.16. The summed E-state index contributed by atoms with van der Waals surface area (Å²) in [5, 5.41) is 3.23. The van der Waals surface area contributed by atoms with Crippen LogP contribution in [0.3, 0.4) is 0 Å². The molecule has 4 nitrogen and oxygen atoms in total. The van der Waals surface area contributed by atoms with Gasteiger partial charge in [0.15, 0.2) is 0 Å². The zero-order valence-corrected chi connectivity index (χ0v) is 12.3. The zero-order chi connectivity index (χ0) is 13.5. The number of hydrogen-bond donors (Lipinski definition) is 1. The lowest BCUT2D eigenvalue weighted by atomic mass is 10.1. The maximum absolute atomic E-state index is 4.59. The molecule has 0 atom stereocenters. The Morgan fingerprint density at radius 1 is 1.16 bits per heavy atom. The van der Waals surface area contributed by atoms with E-state index in [0.717, 1.165) is 38.9 Å². The van der Waals surface area contributed by atoms with E-state index >= 15 is 0 Å². The van der Waals surface area contributed by atoms with Crippen molar-refractivity contribution in [2.75, 3.05) is 31.6 Å². The number of rotatable bonds is 6. The summed E-state index contributed by atoms with van der Waals surface area (Å²) in [7, 11) is 2.00. The highest BCUT2D eigenvalue weighted by Crippen LogP contribution is 2.26. The molecular weight excluding hydrogens is 236 g/mol. The van der Waals surface area contributed by atoms with Gasteiger partial charge in [-0.05, 0) is 39.2 Å². The lowest BCUT2D eigenvalue weighted by Crippen LogP contribution is -2.33. The number of nitrogens with one attached hydrogen (secondary N) is 1. The average molecular weight is 262 g/mol. The van der Waals surface area contributed by atoms with Crippen molar-refractivity contribution in [3.8, 4) is 0 Å². The number of hydrogen-bond acceptors (Lipinski definition) is 4. The second-order valence-electron chi connectivity index (χ2n) is 5.27. The summed E-state index contributed by atoms with van der Waals surface area (Å²) in [4.78, 5) is 11.5. The van der Waals surface area contributed by atoms with Gasteiger partial charge in [-0.15, -0.1) is 0 Å².